The summed E-state index contributed by atoms with van der Waals surface area (Å²) < 4.78 is 4.17. The number of hydrogen-bond donors (Lipinski definition) is 2. The number of carbonyl (C=O) groups is 2. The molecule has 11 heavy (non-hydrogen) atoms. The Morgan fingerprint density at radius 3 is 2.91 bits per heavy atom. The monoisotopic (exact) mass is 162 g/mol. The van der Waals surface area contributed by atoms with Crippen LogP contribution in [0, 0.1) is 5.21 Å². The molecule has 1 saturated heterocycles. The zero-order valence-electron chi connectivity index (χ0n) is 5.62. The fraction of sp³-hybridized carbons (Fsp3) is 0.500. The minimum Gasteiger partial charge on any atom is -0.610 e. The molecule has 2 atom stereocenters. The van der Waals surface area contributed by atoms with Crippen molar-refractivity contribution in [3.63, 3.8) is 0 Å². The lowest BCUT2D eigenvalue weighted by atomic mass is 10.3. The summed E-state index contributed by atoms with van der Waals surface area (Å²) in [5.41, 5.74) is 1.75. The summed E-state index contributed by atoms with van der Waals surface area (Å²) in [5, 5.41) is 9.84. The lowest BCUT2D eigenvalue weighted by Crippen LogP contribution is -3.16. The van der Waals surface area contributed by atoms with Gasteiger partial charge in [0.05, 0.1) is 7.11 Å². The van der Waals surface area contributed by atoms with E-state index in [4.69, 9.17) is 0 Å². The number of ether oxygens (including phenoxy) is 1. The van der Waals surface area contributed by atoms with Gasteiger partial charge in [-0.3, -0.25) is 0 Å². The quantitative estimate of drug-likeness (QED) is 0.241. The number of hydrogen-bond acceptors (Lipinski definition) is 6. The minimum atomic E-state index is -1.46. The molecule has 0 aliphatic carbocycles. The lowest BCUT2D eigenvalue weighted by molar-refractivity contribution is -0.913. The predicted octanol–water partition coefficient (Wildman–Crippen LogP) is -3.11. The van der Waals surface area contributed by atoms with Gasteiger partial charge in [0.25, 0.3) is 0 Å². The predicted molar refractivity (Wildman–Crippen MR) is 29.4 cm³/mol. The Labute approximate surface area is 61.4 Å². The Bertz CT molecular complexity index is 193. The summed E-state index contributed by atoms with van der Waals surface area (Å²) in [6, 6.07) is -1.46. The van der Waals surface area contributed by atoms with Gasteiger partial charge in [-0.1, -0.05) is 0 Å². The van der Waals surface area contributed by atoms with Crippen molar-refractivity contribution < 1.29 is 24.3 Å². The molecule has 0 aromatic heterocycles. The maximum Gasteiger partial charge on any atom is 0.401 e. The maximum atomic E-state index is 10.7. The van der Waals surface area contributed by atoms with Crippen LogP contribution in [-0.2, 0) is 19.2 Å². The molecule has 0 aromatic rings. The number of quaternary nitrogens is 1. The van der Waals surface area contributed by atoms with Crippen LogP contribution in [0.25, 0.3) is 0 Å². The SMILES string of the molecule is COC(=O)C1C(=O)ON[NH+]1[O-]. The van der Waals surface area contributed by atoms with Gasteiger partial charge in [0.15, 0.2) is 0 Å². The summed E-state index contributed by atoms with van der Waals surface area (Å²) in [6.45, 7) is 0. The summed E-state index contributed by atoms with van der Waals surface area (Å²) in [6.07, 6.45) is 0. The molecule has 1 aliphatic heterocycles. The van der Waals surface area contributed by atoms with Crippen LogP contribution in [0.4, 0.5) is 0 Å². The van der Waals surface area contributed by atoms with Crippen molar-refractivity contribution in [2.24, 2.45) is 0 Å². The van der Waals surface area contributed by atoms with Gasteiger partial charge in [-0.2, -0.15) is 0 Å². The number of esters is 1. The first-order chi connectivity index (χ1) is 5.16. The molecule has 1 heterocycles. The fourth-order valence-electron chi connectivity index (χ4n) is 0.647. The van der Waals surface area contributed by atoms with Gasteiger partial charge >= 0.3 is 18.0 Å². The van der Waals surface area contributed by atoms with E-state index in [-0.39, 0.29) is 0 Å². The molecule has 0 radical (unpaired) electrons. The third kappa shape index (κ3) is 1.29. The topological polar surface area (TPSA) is 92.1 Å². The van der Waals surface area contributed by atoms with E-state index < -0.39 is 23.2 Å². The molecule has 62 valence electrons. The summed E-state index contributed by atoms with van der Waals surface area (Å²) in [7, 11) is 1.08. The van der Waals surface area contributed by atoms with E-state index in [1.54, 1.807) is 5.59 Å². The smallest absolute Gasteiger partial charge is 0.401 e. The first-order valence-corrected chi connectivity index (χ1v) is 2.75. The summed E-state index contributed by atoms with van der Waals surface area (Å²) in [4.78, 5) is 25.3. The summed E-state index contributed by atoms with van der Waals surface area (Å²) >= 11 is 0. The number of hydroxylamine groups is 1. The number of methoxy groups -OCH3 is 1. The van der Waals surface area contributed by atoms with Crippen LogP contribution in [0.5, 0.6) is 0 Å². The second-order valence-corrected chi connectivity index (χ2v) is 1.84. The Morgan fingerprint density at radius 2 is 2.55 bits per heavy atom. The van der Waals surface area contributed by atoms with E-state index >= 15 is 0 Å². The van der Waals surface area contributed by atoms with Crippen LogP contribution in [0.1, 0.15) is 0 Å². The van der Waals surface area contributed by atoms with Crippen LogP contribution in [0.3, 0.4) is 0 Å². The van der Waals surface area contributed by atoms with Crippen molar-refractivity contribution >= 4 is 11.9 Å². The number of rotatable bonds is 1. The second-order valence-electron chi connectivity index (χ2n) is 1.84. The Hall–Kier alpha value is -1.18. The average molecular weight is 162 g/mol. The Balaban J connectivity index is 2.68. The van der Waals surface area contributed by atoms with Gasteiger partial charge in [0.2, 0.25) is 0 Å². The third-order valence-corrected chi connectivity index (χ3v) is 1.19. The molecule has 1 rings (SSSR count). The zero-order chi connectivity index (χ0) is 8.43. The number of nitrogens with one attached hydrogen (secondary N) is 2. The highest BCUT2D eigenvalue weighted by Crippen LogP contribution is 1.89. The molecule has 7 nitrogen and oxygen atoms in total. The highest BCUT2D eigenvalue weighted by Gasteiger charge is 2.42. The highest BCUT2D eigenvalue weighted by molar-refractivity contribution is 5.97. The van der Waals surface area contributed by atoms with Crippen molar-refractivity contribution in [1.29, 1.82) is 0 Å². The molecule has 0 saturated carbocycles. The molecule has 1 fully saturated rings. The van der Waals surface area contributed by atoms with E-state index in [0.717, 1.165) is 7.11 Å². The van der Waals surface area contributed by atoms with Gasteiger partial charge in [-0.15, -0.1) is 0 Å². The van der Waals surface area contributed by atoms with Crippen molar-refractivity contribution in [3.05, 3.63) is 5.21 Å². The first kappa shape index (κ1) is 7.92. The van der Waals surface area contributed by atoms with E-state index in [9.17, 15) is 14.8 Å². The van der Waals surface area contributed by atoms with E-state index in [0.29, 0.717) is 0 Å². The molecule has 0 aromatic carbocycles. The Kier molecular flexibility index (Phi) is 2.03. The minimum absolute atomic E-state index is 0.790. The van der Waals surface area contributed by atoms with Crippen LogP contribution >= 0.6 is 0 Å². The molecular formula is C4H6N2O5. The third-order valence-electron chi connectivity index (χ3n) is 1.19. The molecule has 2 N–H and O–H groups in total. The molecule has 1 aliphatic rings. The van der Waals surface area contributed by atoms with Crippen LogP contribution in [0.2, 0.25) is 0 Å². The van der Waals surface area contributed by atoms with Gasteiger partial charge < -0.3 is 14.8 Å². The maximum absolute atomic E-state index is 10.7. The molecule has 0 bridgehead atoms. The second kappa shape index (κ2) is 2.82. The molecule has 0 spiro atoms. The zero-order valence-corrected chi connectivity index (χ0v) is 5.62. The van der Waals surface area contributed by atoms with E-state index in [1.165, 1.54) is 0 Å². The standard InChI is InChI=1S/C4H6N2O5/c1-10-3(7)2-4(8)11-5-6(2)9/h2,5-6H,1H3. The molecule has 7 heteroatoms. The molecule has 2 unspecified atom stereocenters. The van der Waals surface area contributed by atoms with Gasteiger partial charge in [-0.05, 0) is 0 Å². The van der Waals surface area contributed by atoms with Crippen molar-refractivity contribution in [1.82, 2.24) is 5.59 Å². The van der Waals surface area contributed by atoms with Crippen molar-refractivity contribution in [2.75, 3.05) is 7.11 Å². The van der Waals surface area contributed by atoms with Crippen LogP contribution in [0.15, 0.2) is 0 Å². The van der Waals surface area contributed by atoms with Gasteiger partial charge in [-0.25, -0.2) is 14.8 Å². The van der Waals surface area contributed by atoms with Gasteiger partial charge in [0.1, 0.15) is 0 Å². The highest BCUT2D eigenvalue weighted by atomic mass is 16.8. The van der Waals surface area contributed by atoms with E-state index in [2.05, 4.69) is 9.57 Å². The fourth-order valence-corrected chi connectivity index (χ4v) is 0.647. The lowest BCUT2D eigenvalue weighted by Gasteiger charge is -2.14. The van der Waals surface area contributed by atoms with Gasteiger partial charge in [0, 0.05) is 5.59 Å². The van der Waals surface area contributed by atoms with Crippen molar-refractivity contribution in [2.45, 2.75) is 6.04 Å². The van der Waals surface area contributed by atoms with E-state index in [1.807, 2.05) is 0 Å². The average Bonchev–Trinajstić information content (AvgIpc) is 2.30. The number of carbonyl (C=O) groups excluding carboxylic acids is 2. The first-order valence-electron chi connectivity index (χ1n) is 2.75. The Morgan fingerprint density at radius 1 is 1.91 bits per heavy atom. The van der Waals surface area contributed by atoms with Crippen LogP contribution < -0.4 is 10.8 Å². The largest absolute Gasteiger partial charge is 0.610 e. The van der Waals surface area contributed by atoms with Crippen LogP contribution in [-0.4, -0.2) is 25.1 Å². The molecule has 0 amide bonds. The normalized spacial score (nSPS) is 29.8. The van der Waals surface area contributed by atoms with Crippen molar-refractivity contribution in [3.8, 4) is 0 Å². The summed E-state index contributed by atoms with van der Waals surface area (Å²) in [5.74, 6) is -1.84. The molecular weight excluding hydrogens is 156 g/mol.